The molecule has 1 aromatic heterocycles. The fraction of sp³-hybridized carbons (Fsp3) is 0.286. The Labute approximate surface area is 173 Å². The number of fused-ring (bicyclic) bond motifs is 1. The molecule has 1 heterocycles. The van der Waals surface area contributed by atoms with E-state index in [-0.39, 0.29) is 5.75 Å². The summed E-state index contributed by atoms with van der Waals surface area (Å²) < 4.78 is 31.7. The average Bonchev–Trinajstić information content (AvgIpc) is 3.00. The Morgan fingerprint density at radius 3 is 2.46 bits per heavy atom. The maximum atomic E-state index is 12.6. The number of carbonyl (C=O) groups is 1. The van der Waals surface area contributed by atoms with Crippen LogP contribution in [-0.4, -0.2) is 32.0 Å². The van der Waals surface area contributed by atoms with Crippen LogP contribution in [0.5, 0.6) is 0 Å². The number of hydrogen-bond acceptors (Lipinski definition) is 4. The molecular weight excluding hydrogens is 442 g/mol. The minimum absolute atomic E-state index is 0.158. The molecule has 0 saturated carbocycles. The van der Waals surface area contributed by atoms with Gasteiger partial charge in [0.05, 0.1) is 5.75 Å². The standard InChI is InChI=1S/C21H22BrNO4S/c1-3-19-18(17-6-4-5-7-20(17)27-19)12-23(2)21(24)14-28(25,26)13-15-8-10-16(22)11-9-15/h4-11H,3,12-14H2,1-2H3. The van der Waals surface area contributed by atoms with Crippen molar-refractivity contribution in [1.29, 1.82) is 0 Å². The lowest BCUT2D eigenvalue weighted by molar-refractivity contribution is -0.127. The lowest BCUT2D eigenvalue weighted by Crippen LogP contribution is -2.32. The molecule has 1 amide bonds. The second kappa shape index (κ2) is 8.49. The molecule has 28 heavy (non-hydrogen) atoms. The van der Waals surface area contributed by atoms with Crippen molar-refractivity contribution in [3.63, 3.8) is 0 Å². The number of rotatable bonds is 7. The first-order chi connectivity index (χ1) is 13.3. The van der Waals surface area contributed by atoms with Crippen LogP contribution < -0.4 is 0 Å². The number of halogens is 1. The minimum atomic E-state index is -3.56. The summed E-state index contributed by atoms with van der Waals surface area (Å²) in [6.07, 6.45) is 0.702. The predicted molar refractivity (Wildman–Crippen MR) is 114 cm³/mol. The molecule has 7 heteroatoms. The number of benzene rings is 2. The molecule has 3 aromatic rings. The molecule has 0 spiro atoms. The molecule has 0 unspecified atom stereocenters. The molecule has 5 nitrogen and oxygen atoms in total. The maximum absolute atomic E-state index is 12.6. The summed E-state index contributed by atoms with van der Waals surface area (Å²) in [5.41, 5.74) is 2.37. The summed E-state index contributed by atoms with van der Waals surface area (Å²) in [7, 11) is -1.94. The highest BCUT2D eigenvalue weighted by atomic mass is 79.9. The van der Waals surface area contributed by atoms with Crippen molar-refractivity contribution < 1.29 is 17.6 Å². The molecule has 0 aliphatic rings. The lowest BCUT2D eigenvalue weighted by Gasteiger charge is -2.17. The highest BCUT2D eigenvalue weighted by Crippen LogP contribution is 2.27. The van der Waals surface area contributed by atoms with E-state index in [4.69, 9.17) is 4.42 Å². The van der Waals surface area contributed by atoms with Crippen LogP contribution in [0.25, 0.3) is 11.0 Å². The fourth-order valence-corrected chi connectivity index (χ4v) is 4.78. The van der Waals surface area contributed by atoms with E-state index >= 15 is 0 Å². The summed E-state index contributed by atoms with van der Waals surface area (Å²) in [6, 6.07) is 14.7. The molecule has 0 aliphatic heterocycles. The van der Waals surface area contributed by atoms with E-state index < -0.39 is 21.5 Å². The van der Waals surface area contributed by atoms with Gasteiger partial charge in [0.25, 0.3) is 0 Å². The molecule has 0 fully saturated rings. The van der Waals surface area contributed by atoms with Gasteiger partial charge in [-0.2, -0.15) is 0 Å². The number of furan rings is 1. The molecule has 2 aromatic carbocycles. The highest BCUT2D eigenvalue weighted by molar-refractivity contribution is 9.10. The second-order valence-electron chi connectivity index (χ2n) is 6.76. The van der Waals surface area contributed by atoms with Crippen LogP contribution in [0, 0.1) is 0 Å². The van der Waals surface area contributed by atoms with Gasteiger partial charge in [0.15, 0.2) is 9.84 Å². The minimum Gasteiger partial charge on any atom is -0.461 e. The number of aryl methyl sites for hydroxylation is 1. The zero-order valence-corrected chi connectivity index (χ0v) is 18.2. The van der Waals surface area contributed by atoms with Gasteiger partial charge >= 0.3 is 0 Å². The first-order valence-electron chi connectivity index (χ1n) is 8.97. The number of nitrogens with zero attached hydrogens (tertiary/aromatic N) is 1. The molecule has 0 bridgehead atoms. The average molecular weight is 464 g/mol. The normalized spacial score (nSPS) is 11.7. The van der Waals surface area contributed by atoms with E-state index in [0.29, 0.717) is 18.5 Å². The van der Waals surface area contributed by atoms with Crippen molar-refractivity contribution in [2.45, 2.75) is 25.6 Å². The van der Waals surface area contributed by atoms with Crippen LogP contribution in [0.1, 0.15) is 23.8 Å². The number of sulfone groups is 1. The van der Waals surface area contributed by atoms with Crippen LogP contribution in [-0.2, 0) is 33.4 Å². The van der Waals surface area contributed by atoms with Crippen molar-refractivity contribution >= 4 is 42.6 Å². The van der Waals surface area contributed by atoms with Gasteiger partial charge in [0, 0.05) is 35.4 Å². The van der Waals surface area contributed by atoms with Crippen molar-refractivity contribution in [2.75, 3.05) is 12.8 Å². The van der Waals surface area contributed by atoms with Gasteiger partial charge in [0.1, 0.15) is 17.1 Å². The SMILES string of the molecule is CCc1oc2ccccc2c1CN(C)C(=O)CS(=O)(=O)Cc1ccc(Br)cc1. The summed E-state index contributed by atoms with van der Waals surface area (Å²) in [5, 5.41) is 0.955. The third-order valence-corrected chi connectivity index (χ3v) is 6.56. The van der Waals surface area contributed by atoms with Crippen LogP contribution in [0.3, 0.4) is 0 Å². The van der Waals surface area contributed by atoms with Crippen LogP contribution in [0.2, 0.25) is 0 Å². The Kier molecular flexibility index (Phi) is 6.25. The first kappa shape index (κ1) is 20.6. The Bertz CT molecular complexity index is 1090. The molecular formula is C21H22BrNO4S. The van der Waals surface area contributed by atoms with Gasteiger partial charge in [-0.1, -0.05) is 53.2 Å². The van der Waals surface area contributed by atoms with Gasteiger partial charge in [-0.05, 0) is 23.8 Å². The van der Waals surface area contributed by atoms with Crippen molar-refractivity contribution in [3.05, 3.63) is 69.9 Å². The molecule has 0 aliphatic carbocycles. The number of amides is 1. The summed E-state index contributed by atoms with van der Waals surface area (Å²) in [6.45, 7) is 2.30. The molecule has 0 saturated heterocycles. The van der Waals surface area contributed by atoms with Crippen LogP contribution in [0.15, 0.2) is 57.4 Å². The van der Waals surface area contributed by atoms with Gasteiger partial charge in [-0.3, -0.25) is 4.79 Å². The second-order valence-corrected chi connectivity index (χ2v) is 9.74. The van der Waals surface area contributed by atoms with E-state index in [1.807, 2.05) is 31.2 Å². The van der Waals surface area contributed by atoms with Gasteiger partial charge in [-0.15, -0.1) is 0 Å². The maximum Gasteiger partial charge on any atom is 0.237 e. The topological polar surface area (TPSA) is 67.6 Å². The van der Waals surface area contributed by atoms with Crippen LogP contribution >= 0.6 is 15.9 Å². The number of para-hydroxylation sites is 1. The lowest BCUT2D eigenvalue weighted by atomic mass is 10.1. The summed E-state index contributed by atoms with van der Waals surface area (Å²) >= 11 is 3.32. The van der Waals surface area contributed by atoms with Crippen molar-refractivity contribution in [2.24, 2.45) is 0 Å². The molecule has 148 valence electrons. The Morgan fingerprint density at radius 1 is 1.11 bits per heavy atom. The summed E-state index contributed by atoms with van der Waals surface area (Å²) in [5.74, 6) is -0.283. The number of hydrogen-bond donors (Lipinski definition) is 0. The van der Waals surface area contributed by atoms with E-state index in [9.17, 15) is 13.2 Å². The van der Waals surface area contributed by atoms with Gasteiger partial charge in [-0.25, -0.2) is 8.42 Å². The molecule has 0 radical (unpaired) electrons. The zero-order chi connectivity index (χ0) is 20.3. The van der Waals surface area contributed by atoms with E-state index in [1.165, 1.54) is 4.90 Å². The fourth-order valence-electron chi connectivity index (χ4n) is 3.12. The first-order valence-corrected chi connectivity index (χ1v) is 11.6. The van der Waals surface area contributed by atoms with Gasteiger partial charge in [0.2, 0.25) is 5.91 Å². The van der Waals surface area contributed by atoms with Crippen LogP contribution in [0.4, 0.5) is 0 Å². The van der Waals surface area contributed by atoms with E-state index in [2.05, 4.69) is 15.9 Å². The monoisotopic (exact) mass is 463 g/mol. The third kappa shape index (κ3) is 4.83. The highest BCUT2D eigenvalue weighted by Gasteiger charge is 2.22. The smallest absolute Gasteiger partial charge is 0.237 e. The van der Waals surface area contributed by atoms with Crippen molar-refractivity contribution in [3.8, 4) is 0 Å². The third-order valence-electron chi connectivity index (χ3n) is 4.57. The van der Waals surface area contributed by atoms with Gasteiger partial charge < -0.3 is 9.32 Å². The molecule has 0 atom stereocenters. The predicted octanol–water partition coefficient (Wildman–Crippen LogP) is 4.33. The Morgan fingerprint density at radius 2 is 1.79 bits per heavy atom. The van der Waals surface area contributed by atoms with E-state index in [0.717, 1.165) is 26.8 Å². The summed E-state index contributed by atoms with van der Waals surface area (Å²) in [4.78, 5) is 14.0. The number of carbonyl (C=O) groups excluding carboxylic acids is 1. The van der Waals surface area contributed by atoms with Crippen molar-refractivity contribution in [1.82, 2.24) is 4.90 Å². The molecule has 3 rings (SSSR count). The largest absolute Gasteiger partial charge is 0.461 e. The Hall–Kier alpha value is -2.12. The quantitative estimate of drug-likeness (QED) is 0.522. The Balaban J connectivity index is 1.72. The van der Waals surface area contributed by atoms with E-state index in [1.54, 1.807) is 31.3 Å². The molecule has 0 N–H and O–H groups in total. The zero-order valence-electron chi connectivity index (χ0n) is 15.8.